The van der Waals surface area contributed by atoms with E-state index >= 15 is 0 Å². The molecule has 0 aliphatic carbocycles. The van der Waals surface area contributed by atoms with E-state index in [0.29, 0.717) is 18.8 Å². The largest absolute Gasteiger partial charge is 0.489 e. The summed E-state index contributed by atoms with van der Waals surface area (Å²) in [7, 11) is 0. The fourth-order valence-electron chi connectivity index (χ4n) is 4.22. The lowest BCUT2D eigenvalue weighted by Crippen LogP contribution is -2.16. The molecule has 0 amide bonds. The van der Waals surface area contributed by atoms with Gasteiger partial charge < -0.3 is 9.47 Å². The van der Waals surface area contributed by atoms with E-state index in [9.17, 15) is 4.79 Å². The predicted molar refractivity (Wildman–Crippen MR) is 149 cm³/mol. The molecule has 4 nitrogen and oxygen atoms in total. The molecule has 0 atom stereocenters. The Balaban J connectivity index is 2.24. The van der Waals surface area contributed by atoms with Gasteiger partial charge in [-0.15, -0.1) is 0 Å². The van der Waals surface area contributed by atoms with Crippen molar-refractivity contribution in [3.63, 3.8) is 0 Å². The zero-order chi connectivity index (χ0) is 26.1. The highest BCUT2D eigenvalue weighted by Gasteiger charge is 2.27. The van der Waals surface area contributed by atoms with Crippen molar-refractivity contribution < 1.29 is 14.3 Å². The van der Waals surface area contributed by atoms with Crippen molar-refractivity contribution in [3.05, 3.63) is 88.8 Å². The smallest absolute Gasteiger partial charge is 0.340 e. The lowest BCUT2D eigenvalue weighted by molar-refractivity contribution is 0.0524. The molecule has 4 heteroatoms. The van der Waals surface area contributed by atoms with Crippen LogP contribution >= 0.6 is 0 Å². The number of carbonyl (C=O) groups excluding carboxylic acids is 1. The summed E-state index contributed by atoms with van der Waals surface area (Å²) in [5, 5.41) is 0. The number of pyridine rings is 1. The Labute approximate surface area is 216 Å². The number of aromatic nitrogens is 1. The number of benzene rings is 2. The molecule has 190 valence electrons. The maximum atomic E-state index is 13.4. The van der Waals surface area contributed by atoms with Crippen molar-refractivity contribution in [1.82, 2.24) is 4.98 Å². The molecule has 0 aliphatic rings. The Morgan fingerprint density at radius 1 is 0.944 bits per heavy atom. The van der Waals surface area contributed by atoms with E-state index in [-0.39, 0.29) is 17.8 Å². The first kappa shape index (κ1) is 27.2. The number of rotatable bonds is 11. The second-order valence-electron chi connectivity index (χ2n) is 9.57. The van der Waals surface area contributed by atoms with E-state index in [1.165, 1.54) is 0 Å². The third-order valence-electron chi connectivity index (χ3n) is 5.98. The van der Waals surface area contributed by atoms with Crippen LogP contribution in [-0.2, 0) is 11.3 Å². The van der Waals surface area contributed by atoms with Crippen molar-refractivity contribution in [2.45, 2.75) is 72.8 Å². The summed E-state index contributed by atoms with van der Waals surface area (Å²) < 4.78 is 11.7. The normalized spacial score (nSPS) is 11.4. The zero-order valence-corrected chi connectivity index (χ0v) is 22.5. The minimum absolute atomic E-state index is 0.0619. The number of hydrogen-bond donors (Lipinski definition) is 0. The first-order valence-corrected chi connectivity index (χ1v) is 13.1. The van der Waals surface area contributed by atoms with Crippen molar-refractivity contribution in [1.29, 1.82) is 0 Å². The molecule has 0 aliphatic heterocycles. The van der Waals surface area contributed by atoms with Gasteiger partial charge in [0.15, 0.2) is 0 Å². The Morgan fingerprint density at radius 3 is 2.31 bits per heavy atom. The molecule has 0 N–H and O–H groups in total. The monoisotopic (exact) mass is 485 g/mol. The Kier molecular flexibility index (Phi) is 9.86. The molecule has 0 saturated carbocycles. The number of hydrogen-bond acceptors (Lipinski definition) is 4. The minimum atomic E-state index is -0.334. The molecular weight excluding hydrogens is 446 g/mol. The van der Waals surface area contributed by atoms with E-state index in [0.717, 1.165) is 52.2 Å². The molecule has 0 spiro atoms. The summed E-state index contributed by atoms with van der Waals surface area (Å²) in [5.41, 5.74) is 6.18. The van der Waals surface area contributed by atoms with Crippen LogP contribution in [0.25, 0.3) is 17.2 Å². The van der Waals surface area contributed by atoms with Gasteiger partial charge in [0.25, 0.3) is 0 Å². The van der Waals surface area contributed by atoms with Gasteiger partial charge in [0.05, 0.1) is 23.6 Å². The maximum absolute atomic E-state index is 13.4. The number of ether oxygens (including phenoxy) is 2. The molecule has 3 aromatic rings. The van der Waals surface area contributed by atoms with Crippen molar-refractivity contribution >= 4 is 12.0 Å². The SMILES string of the molecule is CCCC=Cc1c(C(C)C)nc(C(C)C)c(C(=O)OCC)c1-c1cccc(OCc2ccccc2)c1. The molecule has 36 heavy (non-hydrogen) atoms. The summed E-state index contributed by atoms with van der Waals surface area (Å²) >= 11 is 0. The third-order valence-corrected chi connectivity index (χ3v) is 5.98. The Morgan fingerprint density at radius 2 is 1.67 bits per heavy atom. The molecule has 2 aromatic carbocycles. The fourth-order valence-corrected chi connectivity index (χ4v) is 4.22. The van der Waals surface area contributed by atoms with E-state index in [1.54, 1.807) is 0 Å². The van der Waals surface area contributed by atoms with E-state index in [1.807, 2.05) is 61.5 Å². The summed E-state index contributed by atoms with van der Waals surface area (Å²) in [6.07, 6.45) is 6.31. The van der Waals surface area contributed by atoms with Crippen LogP contribution in [0.1, 0.15) is 99.1 Å². The zero-order valence-electron chi connectivity index (χ0n) is 22.5. The molecule has 0 radical (unpaired) electrons. The first-order chi connectivity index (χ1) is 17.4. The van der Waals surface area contributed by atoms with Gasteiger partial charge in [0.1, 0.15) is 12.4 Å². The molecule has 3 rings (SSSR count). The van der Waals surface area contributed by atoms with Gasteiger partial charge in [-0.25, -0.2) is 4.79 Å². The van der Waals surface area contributed by atoms with Crippen LogP contribution in [0.2, 0.25) is 0 Å². The van der Waals surface area contributed by atoms with Crippen molar-refractivity contribution in [2.24, 2.45) is 0 Å². The van der Waals surface area contributed by atoms with E-state index in [4.69, 9.17) is 14.5 Å². The van der Waals surface area contributed by atoms with Crippen LogP contribution in [0.5, 0.6) is 5.75 Å². The van der Waals surface area contributed by atoms with Gasteiger partial charge >= 0.3 is 5.97 Å². The van der Waals surface area contributed by atoms with Crippen molar-refractivity contribution in [3.8, 4) is 16.9 Å². The number of esters is 1. The summed E-state index contributed by atoms with van der Waals surface area (Å²) in [4.78, 5) is 18.5. The first-order valence-electron chi connectivity index (χ1n) is 13.1. The lowest BCUT2D eigenvalue weighted by Gasteiger charge is -2.23. The van der Waals surface area contributed by atoms with Gasteiger partial charge in [-0.1, -0.05) is 95.7 Å². The van der Waals surface area contributed by atoms with Crippen LogP contribution in [-0.4, -0.2) is 17.6 Å². The maximum Gasteiger partial charge on any atom is 0.340 e. The standard InChI is InChI=1S/C32H39NO3/c1-7-9-11-19-27-28(25-17-14-18-26(20-25)36-21-24-15-12-10-13-16-24)29(32(34)35-8-2)31(23(5)6)33-30(27)22(3)4/h10-20,22-23H,7-9,21H2,1-6H3. The highest BCUT2D eigenvalue weighted by atomic mass is 16.5. The van der Waals surface area contributed by atoms with E-state index in [2.05, 4.69) is 46.8 Å². The van der Waals surface area contributed by atoms with Crippen LogP contribution in [0.4, 0.5) is 0 Å². The topological polar surface area (TPSA) is 48.4 Å². The molecule has 1 aromatic heterocycles. The second-order valence-corrected chi connectivity index (χ2v) is 9.57. The number of carbonyl (C=O) groups is 1. The Bertz CT molecular complexity index is 1180. The molecular formula is C32H39NO3. The Hall–Kier alpha value is -3.40. The number of nitrogens with zero attached hydrogens (tertiary/aromatic N) is 1. The van der Waals surface area contributed by atoms with Crippen LogP contribution < -0.4 is 4.74 Å². The molecule has 1 heterocycles. The molecule has 0 saturated heterocycles. The average Bonchev–Trinajstić information content (AvgIpc) is 2.87. The second kappa shape index (κ2) is 13.1. The van der Waals surface area contributed by atoms with Gasteiger partial charge in [-0.05, 0) is 48.4 Å². The predicted octanol–water partition coefficient (Wildman–Crippen LogP) is 8.56. The van der Waals surface area contributed by atoms with Crippen LogP contribution in [0.15, 0.2) is 60.7 Å². The lowest BCUT2D eigenvalue weighted by atomic mass is 9.86. The fraction of sp³-hybridized carbons (Fsp3) is 0.375. The van der Waals surface area contributed by atoms with Crippen molar-refractivity contribution in [2.75, 3.05) is 6.61 Å². The highest BCUT2D eigenvalue weighted by molar-refractivity contribution is 6.01. The molecule has 0 fully saturated rings. The van der Waals surface area contributed by atoms with Gasteiger partial charge in [-0.3, -0.25) is 4.98 Å². The van der Waals surface area contributed by atoms with Gasteiger partial charge in [0, 0.05) is 11.1 Å². The number of allylic oxidation sites excluding steroid dienone is 1. The molecule has 0 unspecified atom stereocenters. The third kappa shape index (κ3) is 6.63. The van der Waals surface area contributed by atoms with Crippen LogP contribution in [0, 0.1) is 0 Å². The summed E-state index contributed by atoms with van der Waals surface area (Å²) in [6.45, 7) is 13.2. The minimum Gasteiger partial charge on any atom is -0.489 e. The van der Waals surface area contributed by atoms with E-state index < -0.39 is 0 Å². The van der Waals surface area contributed by atoms with Crippen LogP contribution in [0.3, 0.4) is 0 Å². The quantitative estimate of drug-likeness (QED) is 0.255. The van der Waals surface area contributed by atoms with Gasteiger partial charge in [0.2, 0.25) is 0 Å². The summed E-state index contributed by atoms with van der Waals surface area (Å²) in [6, 6.07) is 18.1. The highest BCUT2D eigenvalue weighted by Crippen LogP contribution is 2.39. The summed E-state index contributed by atoms with van der Waals surface area (Å²) in [5.74, 6) is 0.673. The number of unbranched alkanes of at least 4 members (excludes halogenated alkanes) is 1. The average molecular weight is 486 g/mol. The molecule has 0 bridgehead atoms. The van der Waals surface area contributed by atoms with Gasteiger partial charge in [-0.2, -0.15) is 0 Å².